The number of nitrogens with one attached hydrogen (secondary N) is 1. The van der Waals surface area contributed by atoms with E-state index in [0.29, 0.717) is 10.5 Å². The highest BCUT2D eigenvalue weighted by atomic mass is 16.5. The maximum Gasteiger partial charge on any atom is 0.270 e. The van der Waals surface area contributed by atoms with Crippen LogP contribution >= 0.6 is 0 Å². The van der Waals surface area contributed by atoms with E-state index in [2.05, 4.69) is 15.3 Å². The molecule has 2 amide bonds. The van der Waals surface area contributed by atoms with Crippen molar-refractivity contribution in [3.05, 3.63) is 11.7 Å². The molecule has 0 aliphatic carbocycles. The lowest BCUT2D eigenvalue weighted by molar-refractivity contribution is -0.116. The van der Waals surface area contributed by atoms with Gasteiger partial charge in [-0.2, -0.15) is 9.98 Å². The summed E-state index contributed by atoms with van der Waals surface area (Å²) in [6.07, 6.45) is 3.29. The highest BCUT2D eigenvalue weighted by Crippen LogP contribution is 2.18. The predicted octanol–water partition coefficient (Wildman–Crippen LogP) is 0.516. The van der Waals surface area contributed by atoms with Crippen molar-refractivity contribution >= 4 is 23.5 Å². The Morgan fingerprint density at radius 2 is 1.95 bits per heavy atom. The molecule has 0 aromatic carbocycles. The monoisotopic (exact) mass is 293 g/mol. The Balaban J connectivity index is 2.49. The van der Waals surface area contributed by atoms with Crippen molar-refractivity contribution in [2.24, 2.45) is 4.99 Å². The van der Waals surface area contributed by atoms with Crippen molar-refractivity contribution in [1.29, 1.82) is 0 Å². The molecule has 0 atom stereocenters. The van der Waals surface area contributed by atoms with Crippen molar-refractivity contribution in [2.45, 2.75) is 33.1 Å². The maximum atomic E-state index is 11.2. The minimum Gasteiger partial charge on any atom is -0.423 e. The zero-order chi connectivity index (χ0) is 15.4. The molecule has 1 aliphatic rings. The third kappa shape index (κ3) is 3.80. The molecule has 0 spiro atoms. The number of nitrogens with zero attached hydrogens (tertiary/aromatic N) is 4. The SMILES string of the molecule is CC(=O)N=c1nc(N2CCCCC2)cc(NC(C)=O)n1O. The second kappa shape index (κ2) is 6.38. The van der Waals surface area contributed by atoms with Gasteiger partial charge in [0.05, 0.1) is 0 Å². The predicted molar refractivity (Wildman–Crippen MR) is 76.0 cm³/mol. The summed E-state index contributed by atoms with van der Waals surface area (Å²) in [7, 11) is 0. The van der Waals surface area contributed by atoms with Crippen LogP contribution in [0.15, 0.2) is 11.1 Å². The van der Waals surface area contributed by atoms with E-state index in [9.17, 15) is 14.8 Å². The van der Waals surface area contributed by atoms with E-state index in [4.69, 9.17) is 0 Å². The summed E-state index contributed by atoms with van der Waals surface area (Å²) in [4.78, 5) is 32.3. The molecule has 8 heteroatoms. The number of rotatable bonds is 2. The summed E-state index contributed by atoms with van der Waals surface area (Å²) in [6.45, 7) is 4.30. The zero-order valence-electron chi connectivity index (χ0n) is 12.2. The fourth-order valence-electron chi connectivity index (χ4n) is 2.24. The maximum absolute atomic E-state index is 11.2. The quantitative estimate of drug-likeness (QED) is 0.774. The first kappa shape index (κ1) is 15.0. The fourth-order valence-corrected chi connectivity index (χ4v) is 2.24. The van der Waals surface area contributed by atoms with Gasteiger partial charge in [-0.05, 0) is 19.3 Å². The van der Waals surface area contributed by atoms with Crippen LogP contribution in [0.3, 0.4) is 0 Å². The van der Waals surface area contributed by atoms with Crippen LogP contribution in [0, 0.1) is 0 Å². The van der Waals surface area contributed by atoms with Gasteiger partial charge >= 0.3 is 0 Å². The van der Waals surface area contributed by atoms with Gasteiger partial charge in [0.25, 0.3) is 5.62 Å². The molecule has 1 aliphatic heterocycles. The number of hydrogen-bond donors (Lipinski definition) is 2. The Morgan fingerprint density at radius 1 is 1.29 bits per heavy atom. The first-order chi connectivity index (χ1) is 9.97. The summed E-state index contributed by atoms with van der Waals surface area (Å²) in [5, 5.41) is 12.5. The minimum atomic E-state index is -0.477. The second-order valence-corrected chi connectivity index (χ2v) is 4.97. The number of carbonyl (C=O) groups excluding carboxylic acids is 2. The largest absolute Gasteiger partial charge is 0.423 e. The minimum absolute atomic E-state index is 0.137. The molecule has 0 saturated carbocycles. The van der Waals surface area contributed by atoms with Gasteiger partial charge < -0.3 is 15.4 Å². The summed E-state index contributed by atoms with van der Waals surface area (Å²) in [5.74, 6) is -0.0842. The Morgan fingerprint density at radius 3 is 2.52 bits per heavy atom. The van der Waals surface area contributed by atoms with Gasteiger partial charge in [0.2, 0.25) is 11.8 Å². The van der Waals surface area contributed by atoms with E-state index in [1.165, 1.54) is 20.3 Å². The second-order valence-electron chi connectivity index (χ2n) is 4.97. The van der Waals surface area contributed by atoms with Gasteiger partial charge in [0.1, 0.15) is 5.82 Å². The molecule has 114 valence electrons. The fraction of sp³-hybridized carbons (Fsp3) is 0.538. The van der Waals surface area contributed by atoms with Gasteiger partial charge in [0.15, 0.2) is 5.82 Å². The lowest BCUT2D eigenvalue weighted by Crippen LogP contribution is -2.35. The van der Waals surface area contributed by atoms with Crippen LogP contribution in [0.25, 0.3) is 0 Å². The van der Waals surface area contributed by atoms with E-state index in [1.54, 1.807) is 6.07 Å². The molecule has 1 aromatic rings. The number of piperidine rings is 1. The van der Waals surface area contributed by atoms with Crippen molar-refractivity contribution in [3.63, 3.8) is 0 Å². The standard InChI is InChI=1S/C13H19N5O3/c1-9(19)14-12-8-11(17-6-4-3-5-7-17)16-13(18(12)21)15-10(2)20/h8,21H,3-7H2,1-2H3,(H,14,19). The lowest BCUT2D eigenvalue weighted by atomic mass is 10.1. The number of aromatic nitrogens is 2. The van der Waals surface area contributed by atoms with Crippen LogP contribution in [0.5, 0.6) is 0 Å². The smallest absolute Gasteiger partial charge is 0.270 e. The first-order valence-electron chi connectivity index (χ1n) is 6.88. The molecule has 0 unspecified atom stereocenters. The van der Waals surface area contributed by atoms with E-state index in [-0.39, 0.29) is 17.3 Å². The average molecular weight is 293 g/mol. The first-order valence-corrected chi connectivity index (χ1v) is 6.88. The van der Waals surface area contributed by atoms with Crippen molar-refractivity contribution in [3.8, 4) is 0 Å². The summed E-state index contributed by atoms with van der Waals surface area (Å²) >= 11 is 0. The molecule has 2 N–H and O–H groups in total. The number of anilines is 2. The number of hydrogen-bond acceptors (Lipinski definition) is 5. The summed E-state index contributed by atoms with van der Waals surface area (Å²) in [5.41, 5.74) is -0.144. The van der Waals surface area contributed by atoms with E-state index < -0.39 is 5.91 Å². The van der Waals surface area contributed by atoms with Crippen LogP contribution in [-0.2, 0) is 9.59 Å². The third-order valence-electron chi connectivity index (χ3n) is 3.14. The number of amides is 2. The number of carbonyl (C=O) groups is 2. The highest BCUT2D eigenvalue weighted by molar-refractivity contribution is 5.88. The third-order valence-corrected chi connectivity index (χ3v) is 3.14. The van der Waals surface area contributed by atoms with Gasteiger partial charge in [-0.3, -0.25) is 9.59 Å². The van der Waals surface area contributed by atoms with E-state index >= 15 is 0 Å². The average Bonchev–Trinajstić information content (AvgIpc) is 2.43. The van der Waals surface area contributed by atoms with Crippen LogP contribution < -0.4 is 15.8 Å². The Kier molecular flexibility index (Phi) is 4.56. The van der Waals surface area contributed by atoms with E-state index in [0.717, 1.165) is 25.9 Å². The summed E-state index contributed by atoms with van der Waals surface area (Å²) < 4.78 is 0.607. The molecule has 1 aromatic heterocycles. The normalized spacial score (nSPS) is 15.9. The molecule has 21 heavy (non-hydrogen) atoms. The molecule has 0 bridgehead atoms. The molecule has 1 saturated heterocycles. The van der Waals surface area contributed by atoms with Crippen LogP contribution in [0.2, 0.25) is 0 Å². The molecule has 2 rings (SSSR count). The van der Waals surface area contributed by atoms with Gasteiger partial charge in [-0.15, -0.1) is 4.73 Å². The van der Waals surface area contributed by atoms with Gasteiger partial charge in [-0.1, -0.05) is 0 Å². The molecular weight excluding hydrogens is 274 g/mol. The van der Waals surface area contributed by atoms with Crippen molar-refractivity contribution < 1.29 is 14.8 Å². The molecular formula is C13H19N5O3. The Labute approximate surface area is 122 Å². The lowest BCUT2D eigenvalue weighted by Gasteiger charge is -2.28. The Hall–Kier alpha value is -2.38. The van der Waals surface area contributed by atoms with Gasteiger partial charge in [-0.25, -0.2) is 0 Å². The zero-order valence-corrected chi connectivity index (χ0v) is 12.2. The van der Waals surface area contributed by atoms with Crippen molar-refractivity contribution in [2.75, 3.05) is 23.3 Å². The molecule has 0 radical (unpaired) electrons. The van der Waals surface area contributed by atoms with Crippen LogP contribution in [-0.4, -0.2) is 39.8 Å². The molecule has 8 nitrogen and oxygen atoms in total. The van der Waals surface area contributed by atoms with Crippen molar-refractivity contribution in [1.82, 2.24) is 9.71 Å². The Bertz CT molecular complexity index is 617. The van der Waals surface area contributed by atoms with Crippen LogP contribution in [0.4, 0.5) is 11.6 Å². The van der Waals surface area contributed by atoms with Crippen LogP contribution in [0.1, 0.15) is 33.1 Å². The topological polar surface area (TPSA) is 99.8 Å². The molecule has 1 fully saturated rings. The molecule has 2 heterocycles. The van der Waals surface area contributed by atoms with Gasteiger partial charge in [0, 0.05) is 33.0 Å². The van der Waals surface area contributed by atoms with E-state index in [1.807, 2.05) is 4.90 Å². The summed E-state index contributed by atoms with van der Waals surface area (Å²) in [6, 6.07) is 1.58. The highest BCUT2D eigenvalue weighted by Gasteiger charge is 2.16.